The Morgan fingerprint density at radius 2 is 1.75 bits per heavy atom. The maximum absolute atomic E-state index is 2.39. The molecule has 0 aliphatic carbocycles. The third kappa shape index (κ3) is 4.18. The quantitative estimate of drug-likeness (QED) is 0.535. The maximum Gasteiger partial charge on any atom is 0.140 e. The fourth-order valence-electron chi connectivity index (χ4n) is 1.62. The van der Waals surface area contributed by atoms with E-state index in [1.54, 1.807) is 0 Å². The molecule has 0 spiro atoms. The molecule has 0 bridgehead atoms. The van der Waals surface area contributed by atoms with Crippen LogP contribution >= 0.6 is 0 Å². The van der Waals surface area contributed by atoms with E-state index in [1.165, 1.54) is 19.2 Å². The second kappa shape index (κ2) is 4.94. The molecule has 1 atom stereocenters. The van der Waals surface area contributed by atoms with Crippen LogP contribution in [-0.2, 0) is 0 Å². The van der Waals surface area contributed by atoms with Gasteiger partial charge >= 0.3 is 0 Å². The fraction of sp³-hybridized carbons (Fsp3) is 1.00. The van der Waals surface area contributed by atoms with Crippen molar-refractivity contribution < 1.29 is 0 Å². The lowest BCUT2D eigenvalue weighted by Crippen LogP contribution is -2.23. The zero-order valence-corrected chi connectivity index (χ0v) is 9.78. The van der Waals surface area contributed by atoms with E-state index in [0.29, 0.717) is 5.41 Å². The van der Waals surface area contributed by atoms with Crippen molar-refractivity contribution in [3.05, 3.63) is 0 Å². The molecule has 1 unspecified atom stereocenters. The van der Waals surface area contributed by atoms with Gasteiger partial charge in [0.15, 0.2) is 0 Å². The van der Waals surface area contributed by atoms with Crippen LogP contribution in [0.1, 0.15) is 47.5 Å². The van der Waals surface area contributed by atoms with Crippen molar-refractivity contribution in [2.24, 2.45) is 5.41 Å². The Balaban J connectivity index is 3.90. The van der Waals surface area contributed by atoms with Gasteiger partial charge in [0.25, 0.3) is 0 Å². The third-order valence-corrected chi connectivity index (χ3v) is 3.45. The van der Waals surface area contributed by atoms with Crippen molar-refractivity contribution >= 4 is 6.71 Å². The first-order valence-electron chi connectivity index (χ1n) is 5.43. The predicted octanol–water partition coefficient (Wildman–Crippen LogP) is 4.35. The molecule has 72 valence electrons. The summed E-state index contributed by atoms with van der Waals surface area (Å²) in [7, 11) is 0. The molecule has 0 aliphatic rings. The van der Waals surface area contributed by atoms with Gasteiger partial charge in [-0.25, -0.2) is 0 Å². The first-order valence-corrected chi connectivity index (χ1v) is 5.43. The van der Waals surface area contributed by atoms with E-state index in [1.807, 2.05) is 0 Å². The van der Waals surface area contributed by atoms with Crippen LogP contribution in [-0.4, -0.2) is 6.71 Å². The molecule has 12 heavy (non-hydrogen) atoms. The molecule has 0 aromatic rings. The summed E-state index contributed by atoms with van der Waals surface area (Å²) in [6, 6.07) is 0. The van der Waals surface area contributed by atoms with Gasteiger partial charge < -0.3 is 0 Å². The van der Waals surface area contributed by atoms with Crippen LogP contribution in [0.3, 0.4) is 0 Å². The van der Waals surface area contributed by atoms with Crippen LogP contribution in [0.15, 0.2) is 0 Å². The average Bonchev–Trinajstić information content (AvgIpc) is 2.02. The van der Waals surface area contributed by atoms with Gasteiger partial charge in [-0.15, -0.1) is 0 Å². The standard InChI is InChI=1S/C11H25B/c1-7-10(3)12(6)9-11(4,5)8-2/h10H,7-9H2,1-6H3. The van der Waals surface area contributed by atoms with Gasteiger partial charge in [0.05, 0.1) is 0 Å². The summed E-state index contributed by atoms with van der Waals surface area (Å²) >= 11 is 0. The van der Waals surface area contributed by atoms with Crippen LogP contribution in [0.4, 0.5) is 0 Å². The van der Waals surface area contributed by atoms with Crippen molar-refractivity contribution in [3.8, 4) is 0 Å². The highest BCUT2D eigenvalue weighted by Crippen LogP contribution is 2.31. The van der Waals surface area contributed by atoms with Crippen LogP contribution in [0.25, 0.3) is 0 Å². The highest BCUT2D eigenvalue weighted by atomic mass is 14.2. The number of hydrogen-bond acceptors (Lipinski definition) is 0. The fourth-order valence-corrected chi connectivity index (χ4v) is 1.62. The Kier molecular flexibility index (Phi) is 4.97. The summed E-state index contributed by atoms with van der Waals surface area (Å²) in [6.07, 6.45) is 3.99. The van der Waals surface area contributed by atoms with E-state index in [9.17, 15) is 0 Å². The van der Waals surface area contributed by atoms with E-state index in [2.05, 4.69) is 41.4 Å². The Morgan fingerprint density at radius 1 is 1.25 bits per heavy atom. The van der Waals surface area contributed by atoms with Crippen LogP contribution in [0.2, 0.25) is 19.0 Å². The minimum atomic E-state index is 0.544. The lowest BCUT2D eigenvalue weighted by Gasteiger charge is -2.27. The Morgan fingerprint density at radius 3 is 2.08 bits per heavy atom. The lowest BCUT2D eigenvalue weighted by atomic mass is 9.37. The molecule has 0 saturated heterocycles. The highest BCUT2D eigenvalue weighted by Gasteiger charge is 2.23. The lowest BCUT2D eigenvalue weighted by molar-refractivity contribution is 0.392. The van der Waals surface area contributed by atoms with E-state index in [4.69, 9.17) is 0 Å². The summed E-state index contributed by atoms with van der Waals surface area (Å²) in [4.78, 5) is 0. The molecule has 0 saturated carbocycles. The Labute approximate surface area is 79.2 Å². The second-order valence-corrected chi connectivity index (χ2v) is 5.08. The van der Waals surface area contributed by atoms with Crippen molar-refractivity contribution in [2.45, 2.75) is 66.4 Å². The molecule has 0 aromatic carbocycles. The topological polar surface area (TPSA) is 0 Å². The van der Waals surface area contributed by atoms with Crippen molar-refractivity contribution in [3.63, 3.8) is 0 Å². The van der Waals surface area contributed by atoms with Crippen molar-refractivity contribution in [2.75, 3.05) is 0 Å². The van der Waals surface area contributed by atoms with Gasteiger partial charge in [-0.2, -0.15) is 0 Å². The normalized spacial score (nSPS) is 14.5. The number of rotatable bonds is 5. The molecule has 0 radical (unpaired) electrons. The van der Waals surface area contributed by atoms with Crippen LogP contribution in [0.5, 0.6) is 0 Å². The van der Waals surface area contributed by atoms with Crippen molar-refractivity contribution in [1.29, 1.82) is 0 Å². The summed E-state index contributed by atoms with van der Waals surface area (Å²) in [6.45, 7) is 15.0. The van der Waals surface area contributed by atoms with E-state index >= 15 is 0 Å². The van der Waals surface area contributed by atoms with Gasteiger partial charge in [0.2, 0.25) is 0 Å². The molecular weight excluding hydrogens is 143 g/mol. The molecule has 0 amide bonds. The second-order valence-electron chi connectivity index (χ2n) is 5.08. The molecule has 0 rings (SSSR count). The molecule has 0 N–H and O–H groups in total. The zero-order chi connectivity index (χ0) is 9.78. The highest BCUT2D eigenvalue weighted by molar-refractivity contribution is 6.59. The van der Waals surface area contributed by atoms with E-state index in [0.717, 1.165) is 12.5 Å². The molecule has 1 heteroatoms. The van der Waals surface area contributed by atoms with Crippen LogP contribution < -0.4 is 0 Å². The van der Waals surface area contributed by atoms with Gasteiger partial charge in [-0.3, -0.25) is 0 Å². The Hall–Kier alpha value is 0.0649. The smallest absolute Gasteiger partial charge is 0.0859 e. The summed E-state index contributed by atoms with van der Waals surface area (Å²) in [5.74, 6) is 0.885. The van der Waals surface area contributed by atoms with E-state index in [-0.39, 0.29) is 0 Å². The van der Waals surface area contributed by atoms with Gasteiger partial charge in [-0.1, -0.05) is 66.4 Å². The first-order chi connectivity index (χ1) is 5.43. The minimum Gasteiger partial charge on any atom is -0.0859 e. The maximum atomic E-state index is 2.39. The SMILES string of the molecule is CCC(C)B(C)CC(C)(C)CC. The summed E-state index contributed by atoms with van der Waals surface area (Å²) in [5, 5.41) is 0. The summed E-state index contributed by atoms with van der Waals surface area (Å²) in [5.41, 5.74) is 0.544. The monoisotopic (exact) mass is 168 g/mol. The molecule has 0 heterocycles. The molecule has 0 fully saturated rings. The Bertz CT molecular complexity index is 118. The first kappa shape index (κ1) is 12.1. The van der Waals surface area contributed by atoms with Gasteiger partial charge in [0, 0.05) is 0 Å². The molecular formula is C11H25B. The zero-order valence-electron chi connectivity index (χ0n) is 9.78. The van der Waals surface area contributed by atoms with Gasteiger partial charge in [-0.05, 0) is 5.41 Å². The third-order valence-electron chi connectivity index (χ3n) is 3.45. The summed E-state index contributed by atoms with van der Waals surface area (Å²) < 4.78 is 0. The van der Waals surface area contributed by atoms with Crippen LogP contribution in [0, 0.1) is 5.41 Å². The average molecular weight is 168 g/mol. The molecule has 0 aliphatic heterocycles. The van der Waals surface area contributed by atoms with Crippen molar-refractivity contribution in [1.82, 2.24) is 0 Å². The van der Waals surface area contributed by atoms with E-state index < -0.39 is 0 Å². The number of hydrogen-bond donors (Lipinski definition) is 0. The molecule has 0 nitrogen and oxygen atoms in total. The largest absolute Gasteiger partial charge is 0.140 e. The minimum absolute atomic E-state index is 0.544. The molecule has 0 aromatic heterocycles. The predicted molar refractivity (Wildman–Crippen MR) is 60.2 cm³/mol. The van der Waals surface area contributed by atoms with Gasteiger partial charge in [0.1, 0.15) is 6.71 Å².